The zero-order chi connectivity index (χ0) is 24.2. The van der Waals surface area contributed by atoms with Crippen molar-refractivity contribution < 1.29 is 14.3 Å². The van der Waals surface area contributed by atoms with Crippen LogP contribution >= 0.6 is 0 Å². The van der Waals surface area contributed by atoms with Crippen molar-refractivity contribution in [2.75, 3.05) is 17.7 Å². The highest BCUT2D eigenvalue weighted by Gasteiger charge is 2.34. The number of benzene rings is 2. The summed E-state index contributed by atoms with van der Waals surface area (Å²) in [4.78, 5) is 21.8. The third-order valence-electron chi connectivity index (χ3n) is 5.70. The van der Waals surface area contributed by atoms with Gasteiger partial charge in [0.1, 0.15) is 19.0 Å². The summed E-state index contributed by atoms with van der Waals surface area (Å²) in [6.45, 7) is 2.26. The number of ether oxygens (including phenoxy) is 2. The van der Waals surface area contributed by atoms with Gasteiger partial charge in [0.2, 0.25) is 5.95 Å². The molecule has 0 aliphatic carbocycles. The number of pyridine rings is 1. The van der Waals surface area contributed by atoms with Gasteiger partial charge in [-0.25, -0.2) is 4.68 Å². The Morgan fingerprint density at radius 2 is 1.97 bits per heavy atom. The van der Waals surface area contributed by atoms with Gasteiger partial charge in [-0.2, -0.15) is 10.1 Å². The van der Waals surface area contributed by atoms with E-state index in [0.29, 0.717) is 41.0 Å². The maximum Gasteiger partial charge on any atom is 0.255 e. The normalized spacial score (nSPS) is 14.6. The van der Waals surface area contributed by atoms with E-state index < -0.39 is 6.04 Å². The molecule has 1 aliphatic heterocycles. The van der Waals surface area contributed by atoms with E-state index in [0.717, 1.165) is 11.1 Å². The molecule has 0 unspecified atom stereocenters. The molecule has 4 aromatic rings. The lowest BCUT2D eigenvalue weighted by Crippen LogP contribution is -2.31. The fourth-order valence-corrected chi connectivity index (χ4v) is 4.04. The van der Waals surface area contributed by atoms with Crippen molar-refractivity contribution in [3.8, 4) is 11.5 Å². The Kier molecular flexibility index (Phi) is 6.13. The first-order valence-corrected chi connectivity index (χ1v) is 11.1. The lowest BCUT2D eigenvalue weighted by Gasteiger charge is -2.29. The lowest BCUT2D eigenvalue weighted by atomic mass is 9.94. The highest BCUT2D eigenvalue weighted by molar-refractivity contribution is 6.05. The number of nitrogens with one attached hydrogen (secondary N) is 2. The minimum atomic E-state index is -0.525. The van der Waals surface area contributed by atoms with Crippen LogP contribution in [0.4, 0.5) is 11.6 Å². The van der Waals surface area contributed by atoms with Crippen molar-refractivity contribution >= 4 is 17.5 Å². The van der Waals surface area contributed by atoms with Crippen molar-refractivity contribution in [3.63, 3.8) is 0 Å². The van der Waals surface area contributed by atoms with Gasteiger partial charge in [0.25, 0.3) is 5.91 Å². The van der Waals surface area contributed by atoms with Crippen LogP contribution in [0.2, 0.25) is 0 Å². The number of rotatable bonds is 7. The molecule has 0 saturated carbocycles. The maximum atomic E-state index is 13.4. The molecule has 5 rings (SSSR count). The molecule has 1 atom stereocenters. The SMILES string of the molecule is COc1cc([C@@H]2C(C(=O)Nc3cccnc3)=C(C)Nc3ncnn32)ccc1OCc1ccccc1. The van der Waals surface area contributed by atoms with Gasteiger partial charge in [0, 0.05) is 11.9 Å². The van der Waals surface area contributed by atoms with Crippen molar-refractivity contribution in [1.82, 2.24) is 19.7 Å². The van der Waals surface area contributed by atoms with Gasteiger partial charge in [0.05, 0.1) is 24.6 Å². The minimum absolute atomic E-state index is 0.266. The van der Waals surface area contributed by atoms with Crippen LogP contribution in [0.5, 0.6) is 11.5 Å². The summed E-state index contributed by atoms with van der Waals surface area (Å²) in [6.07, 6.45) is 4.71. The van der Waals surface area contributed by atoms with Gasteiger partial charge < -0.3 is 20.1 Å². The van der Waals surface area contributed by atoms with Gasteiger partial charge in [-0.05, 0) is 42.3 Å². The summed E-state index contributed by atoms with van der Waals surface area (Å²) < 4.78 is 13.3. The maximum absolute atomic E-state index is 13.4. The smallest absolute Gasteiger partial charge is 0.255 e. The van der Waals surface area contributed by atoms with Crippen LogP contribution in [0.3, 0.4) is 0 Å². The van der Waals surface area contributed by atoms with Crippen molar-refractivity contribution in [2.45, 2.75) is 19.6 Å². The summed E-state index contributed by atoms with van der Waals surface area (Å²) in [5.74, 6) is 1.45. The van der Waals surface area contributed by atoms with E-state index in [4.69, 9.17) is 9.47 Å². The molecular weight excluding hydrogens is 444 g/mol. The molecule has 2 aromatic carbocycles. The van der Waals surface area contributed by atoms with Crippen molar-refractivity contribution in [3.05, 3.63) is 102 Å². The van der Waals surface area contributed by atoms with E-state index in [1.807, 2.05) is 55.5 Å². The number of carbonyl (C=O) groups is 1. The molecule has 35 heavy (non-hydrogen) atoms. The minimum Gasteiger partial charge on any atom is -0.493 e. The number of aromatic nitrogens is 4. The number of allylic oxidation sites excluding steroid dienone is 1. The van der Waals surface area contributed by atoms with Gasteiger partial charge in [0.15, 0.2) is 11.5 Å². The molecule has 0 saturated heterocycles. The summed E-state index contributed by atoms with van der Waals surface area (Å²) in [5, 5.41) is 10.5. The summed E-state index contributed by atoms with van der Waals surface area (Å²) >= 11 is 0. The largest absolute Gasteiger partial charge is 0.493 e. The molecule has 2 N–H and O–H groups in total. The Hall–Kier alpha value is -4.66. The molecule has 0 spiro atoms. The first-order chi connectivity index (χ1) is 17.1. The first-order valence-electron chi connectivity index (χ1n) is 11.1. The third-order valence-corrected chi connectivity index (χ3v) is 5.70. The quantitative estimate of drug-likeness (QED) is 0.419. The first kappa shape index (κ1) is 22.1. The highest BCUT2D eigenvalue weighted by Crippen LogP contribution is 2.39. The second-order valence-electron chi connectivity index (χ2n) is 7.97. The Labute approximate surface area is 202 Å². The summed E-state index contributed by atoms with van der Waals surface area (Å²) in [6, 6.07) is 18.6. The monoisotopic (exact) mass is 468 g/mol. The van der Waals surface area contributed by atoms with Crippen LogP contribution in [0.15, 0.2) is 90.7 Å². The predicted octanol–water partition coefficient (Wildman–Crippen LogP) is 4.19. The molecule has 9 heteroatoms. The molecule has 0 bridgehead atoms. The van der Waals surface area contributed by atoms with Crippen LogP contribution < -0.4 is 20.1 Å². The standard InChI is InChI=1S/C26H24N6O3/c1-17-23(25(33)31-20-9-6-12-27-14-20)24(32-26(30-17)28-16-29-32)19-10-11-21(22(13-19)34-2)35-15-18-7-4-3-5-8-18/h3-14,16,24H,15H2,1-2H3,(H,31,33)(H,28,29,30)/t24-/m1/s1. The number of hydrogen-bond donors (Lipinski definition) is 2. The fourth-order valence-electron chi connectivity index (χ4n) is 4.04. The van der Waals surface area contributed by atoms with Crippen molar-refractivity contribution in [1.29, 1.82) is 0 Å². The van der Waals surface area contributed by atoms with Crippen LogP contribution in [0.25, 0.3) is 0 Å². The average Bonchev–Trinajstić information content (AvgIpc) is 3.35. The molecule has 9 nitrogen and oxygen atoms in total. The number of carbonyl (C=O) groups excluding carboxylic acids is 1. The molecule has 2 aromatic heterocycles. The predicted molar refractivity (Wildman–Crippen MR) is 131 cm³/mol. The molecule has 0 fully saturated rings. The van der Waals surface area contributed by atoms with Gasteiger partial charge >= 0.3 is 0 Å². The molecule has 0 radical (unpaired) electrons. The zero-order valence-electron chi connectivity index (χ0n) is 19.3. The van der Waals surface area contributed by atoms with Crippen LogP contribution in [0, 0.1) is 0 Å². The summed E-state index contributed by atoms with van der Waals surface area (Å²) in [7, 11) is 1.59. The Balaban J connectivity index is 1.48. The van der Waals surface area contributed by atoms with E-state index in [1.54, 1.807) is 36.3 Å². The third kappa shape index (κ3) is 4.56. The number of hydrogen-bond acceptors (Lipinski definition) is 7. The van der Waals surface area contributed by atoms with Crippen molar-refractivity contribution in [2.24, 2.45) is 0 Å². The highest BCUT2D eigenvalue weighted by atomic mass is 16.5. The Bertz CT molecular complexity index is 1370. The molecule has 176 valence electrons. The molecule has 1 amide bonds. The molecular formula is C26H24N6O3. The molecule has 3 heterocycles. The lowest BCUT2D eigenvalue weighted by molar-refractivity contribution is -0.113. The van der Waals surface area contributed by atoms with Crippen LogP contribution in [-0.4, -0.2) is 32.8 Å². The van der Waals surface area contributed by atoms with E-state index in [2.05, 4.69) is 25.7 Å². The van der Waals surface area contributed by atoms with E-state index in [-0.39, 0.29) is 5.91 Å². The topological polar surface area (TPSA) is 103 Å². The zero-order valence-corrected chi connectivity index (χ0v) is 19.3. The van der Waals surface area contributed by atoms with E-state index in [9.17, 15) is 4.79 Å². The Morgan fingerprint density at radius 3 is 2.74 bits per heavy atom. The summed E-state index contributed by atoms with van der Waals surface area (Å²) in [5.41, 5.74) is 3.64. The van der Waals surface area contributed by atoms with Gasteiger partial charge in [-0.15, -0.1) is 0 Å². The molecule has 1 aliphatic rings. The van der Waals surface area contributed by atoms with Gasteiger partial charge in [-0.1, -0.05) is 36.4 Å². The second-order valence-corrected chi connectivity index (χ2v) is 7.97. The number of fused-ring (bicyclic) bond motifs is 1. The van der Waals surface area contributed by atoms with Crippen LogP contribution in [-0.2, 0) is 11.4 Å². The van der Waals surface area contributed by atoms with E-state index in [1.165, 1.54) is 6.33 Å². The average molecular weight is 469 g/mol. The Morgan fingerprint density at radius 1 is 1.11 bits per heavy atom. The van der Waals surface area contributed by atoms with Gasteiger partial charge in [-0.3, -0.25) is 9.78 Å². The number of anilines is 2. The fraction of sp³-hybridized carbons (Fsp3) is 0.154. The number of methoxy groups -OCH3 is 1. The number of nitrogens with zero attached hydrogens (tertiary/aromatic N) is 4. The van der Waals surface area contributed by atoms with Crippen LogP contribution in [0.1, 0.15) is 24.1 Å². The van der Waals surface area contributed by atoms with E-state index >= 15 is 0 Å². The second kappa shape index (κ2) is 9.68. The number of amides is 1.